The topological polar surface area (TPSA) is 73.2 Å². The van der Waals surface area contributed by atoms with Crippen molar-refractivity contribution in [2.45, 2.75) is 20.3 Å². The third-order valence-corrected chi connectivity index (χ3v) is 2.15. The largest absolute Gasteiger partial charge is 0.337 e. The number of hydrogen-bond acceptors (Lipinski definition) is 3. The lowest BCUT2D eigenvalue weighted by Crippen LogP contribution is -2.42. The summed E-state index contributed by atoms with van der Waals surface area (Å²) in [6.45, 7) is 4.45. The zero-order chi connectivity index (χ0) is 11.8. The highest BCUT2D eigenvalue weighted by molar-refractivity contribution is 6.34. The van der Waals surface area contributed by atoms with Gasteiger partial charge in [0.15, 0.2) is 0 Å². The third kappa shape index (κ3) is 5.01. The quantitative estimate of drug-likeness (QED) is 0.530. The van der Waals surface area contributed by atoms with E-state index in [4.69, 9.17) is 5.26 Å². The minimum Gasteiger partial charge on any atom is -0.337 e. The second-order valence-electron chi connectivity index (χ2n) is 3.54. The first-order valence-corrected chi connectivity index (χ1v) is 4.93. The third-order valence-electron chi connectivity index (χ3n) is 2.15. The van der Waals surface area contributed by atoms with E-state index in [1.165, 1.54) is 4.90 Å². The molecule has 0 aromatic rings. The Bertz CT molecular complexity index is 270. The summed E-state index contributed by atoms with van der Waals surface area (Å²) in [5.41, 5.74) is 0. The van der Waals surface area contributed by atoms with Crippen LogP contribution in [0.1, 0.15) is 20.3 Å². The first kappa shape index (κ1) is 13.4. The van der Waals surface area contributed by atoms with Gasteiger partial charge in [-0.2, -0.15) is 5.26 Å². The Morgan fingerprint density at radius 2 is 2.13 bits per heavy atom. The Balaban J connectivity index is 4.09. The maximum Gasteiger partial charge on any atom is 0.311 e. The molecule has 84 valence electrons. The van der Waals surface area contributed by atoms with Crippen molar-refractivity contribution in [2.75, 3.05) is 20.1 Å². The van der Waals surface area contributed by atoms with Crippen LogP contribution in [0.4, 0.5) is 0 Å². The lowest BCUT2D eigenvalue weighted by Gasteiger charge is -2.19. The van der Waals surface area contributed by atoms with Gasteiger partial charge in [-0.05, 0) is 5.92 Å². The molecule has 0 fully saturated rings. The molecule has 0 rings (SSSR count). The van der Waals surface area contributed by atoms with E-state index in [2.05, 4.69) is 5.32 Å². The normalized spacial score (nSPS) is 11.3. The van der Waals surface area contributed by atoms with Crippen molar-refractivity contribution in [3.8, 4) is 6.07 Å². The summed E-state index contributed by atoms with van der Waals surface area (Å²) < 4.78 is 0. The van der Waals surface area contributed by atoms with Crippen molar-refractivity contribution in [3.63, 3.8) is 0 Å². The van der Waals surface area contributed by atoms with E-state index in [0.29, 0.717) is 12.5 Å². The summed E-state index contributed by atoms with van der Waals surface area (Å²) in [4.78, 5) is 23.9. The maximum atomic E-state index is 11.4. The van der Waals surface area contributed by atoms with Crippen LogP contribution >= 0.6 is 0 Å². The van der Waals surface area contributed by atoms with Crippen molar-refractivity contribution in [3.05, 3.63) is 0 Å². The molecule has 1 N–H and O–H groups in total. The van der Waals surface area contributed by atoms with Gasteiger partial charge >= 0.3 is 11.8 Å². The molecule has 1 unspecified atom stereocenters. The minimum atomic E-state index is -0.720. The molecule has 0 aliphatic carbocycles. The molecular weight excluding hydrogens is 194 g/mol. The fourth-order valence-corrected chi connectivity index (χ4v) is 1.05. The van der Waals surface area contributed by atoms with Gasteiger partial charge in [-0.15, -0.1) is 0 Å². The molecule has 5 heteroatoms. The van der Waals surface area contributed by atoms with Gasteiger partial charge < -0.3 is 10.2 Å². The second-order valence-corrected chi connectivity index (χ2v) is 3.54. The van der Waals surface area contributed by atoms with E-state index in [-0.39, 0.29) is 6.54 Å². The predicted octanol–water partition coefficient (Wildman–Crippen LogP) is 0.131. The van der Waals surface area contributed by atoms with Crippen LogP contribution in [0.15, 0.2) is 0 Å². The molecule has 0 aromatic heterocycles. The predicted molar refractivity (Wildman–Crippen MR) is 55.7 cm³/mol. The highest BCUT2D eigenvalue weighted by Gasteiger charge is 2.18. The van der Waals surface area contributed by atoms with Gasteiger partial charge in [0.25, 0.3) is 0 Å². The van der Waals surface area contributed by atoms with E-state index in [1.54, 1.807) is 13.1 Å². The molecule has 1 atom stereocenters. The van der Waals surface area contributed by atoms with Gasteiger partial charge in [0.2, 0.25) is 0 Å². The van der Waals surface area contributed by atoms with Crippen LogP contribution in [0.3, 0.4) is 0 Å². The van der Waals surface area contributed by atoms with Crippen molar-refractivity contribution in [1.29, 1.82) is 5.26 Å². The molecule has 0 saturated heterocycles. The molecule has 0 spiro atoms. The SMILES string of the molecule is CCC(C)CN(C)C(=O)C(=O)NCC#N. The minimum absolute atomic E-state index is 0.137. The molecule has 0 aliphatic heterocycles. The first-order chi connectivity index (χ1) is 7.02. The molecule has 2 amide bonds. The molecule has 0 radical (unpaired) electrons. The maximum absolute atomic E-state index is 11.4. The first-order valence-electron chi connectivity index (χ1n) is 4.93. The van der Waals surface area contributed by atoms with Crippen LogP contribution in [0.5, 0.6) is 0 Å². The van der Waals surface area contributed by atoms with Crippen LogP contribution < -0.4 is 5.32 Å². The fraction of sp³-hybridized carbons (Fsp3) is 0.700. The number of hydrogen-bond donors (Lipinski definition) is 1. The Hall–Kier alpha value is -1.57. The summed E-state index contributed by atoms with van der Waals surface area (Å²) in [5.74, 6) is -0.949. The monoisotopic (exact) mass is 211 g/mol. The molecule has 0 aromatic carbocycles. The average Bonchev–Trinajstić information content (AvgIpc) is 2.24. The summed E-state index contributed by atoms with van der Waals surface area (Å²) >= 11 is 0. The van der Waals surface area contributed by atoms with Crippen molar-refractivity contribution >= 4 is 11.8 Å². The Morgan fingerprint density at radius 1 is 1.53 bits per heavy atom. The second kappa shape index (κ2) is 6.82. The summed E-state index contributed by atoms with van der Waals surface area (Å²) in [7, 11) is 1.58. The Kier molecular flexibility index (Phi) is 6.11. The zero-order valence-corrected chi connectivity index (χ0v) is 9.41. The van der Waals surface area contributed by atoms with Gasteiger partial charge in [-0.25, -0.2) is 0 Å². The van der Waals surface area contributed by atoms with Crippen molar-refractivity contribution in [1.82, 2.24) is 10.2 Å². The van der Waals surface area contributed by atoms with E-state index in [1.807, 2.05) is 13.8 Å². The standard InChI is InChI=1S/C10H17N3O2/c1-4-8(2)7-13(3)10(15)9(14)12-6-5-11/h8H,4,6-7H2,1-3H3,(H,12,14). The van der Waals surface area contributed by atoms with Crippen LogP contribution in [0.25, 0.3) is 0 Å². The van der Waals surface area contributed by atoms with Gasteiger partial charge in [0.05, 0.1) is 6.07 Å². The van der Waals surface area contributed by atoms with Crippen LogP contribution in [0.2, 0.25) is 0 Å². The highest BCUT2D eigenvalue weighted by atomic mass is 16.2. The molecule has 5 nitrogen and oxygen atoms in total. The summed E-state index contributed by atoms with van der Waals surface area (Å²) in [5, 5.41) is 10.4. The highest BCUT2D eigenvalue weighted by Crippen LogP contribution is 2.02. The molecule has 15 heavy (non-hydrogen) atoms. The molecule has 0 aliphatic rings. The van der Waals surface area contributed by atoms with Gasteiger partial charge in [0.1, 0.15) is 6.54 Å². The molecule has 0 heterocycles. The number of nitriles is 1. The van der Waals surface area contributed by atoms with Crippen LogP contribution in [-0.2, 0) is 9.59 Å². The number of likely N-dealkylation sites (N-methyl/N-ethyl adjacent to an activating group) is 1. The number of nitrogens with zero attached hydrogens (tertiary/aromatic N) is 2. The van der Waals surface area contributed by atoms with E-state index >= 15 is 0 Å². The lowest BCUT2D eigenvalue weighted by molar-refractivity contribution is -0.145. The Morgan fingerprint density at radius 3 is 2.60 bits per heavy atom. The molecule has 0 bridgehead atoms. The van der Waals surface area contributed by atoms with Gasteiger partial charge in [-0.1, -0.05) is 20.3 Å². The number of rotatable bonds is 4. The van der Waals surface area contributed by atoms with E-state index in [0.717, 1.165) is 6.42 Å². The van der Waals surface area contributed by atoms with E-state index in [9.17, 15) is 9.59 Å². The smallest absolute Gasteiger partial charge is 0.311 e. The van der Waals surface area contributed by atoms with Gasteiger partial charge in [0, 0.05) is 13.6 Å². The molecular formula is C10H17N3O2. The fourth-order valence-electron chi connectivity index (χ4n) is 1.05. The van der Waals surface area contributed by atoms with Crippen LogP contribution in [-0.4, -0.2) is 36.9 Å². The van der Waals surface area contributed by atoms with E-state index < -0.39 is 11.8 Å². The Labute approximate surface area is 90.0 Å². The van der Waals surface area contributed by atoms with Crippen molar-refractivity contribution in [2.24, 2.45) is 5.92 Å². The van der Waals surface area contributed by atoms with Crippen LogP contribution in [0, 0.1) is 17.2 Å². The average molecular weight is 211 g/mol. The van der Waals surface area contributed by atoms with Gasteiger partial charge in [-0.3, -0.25) is 9.59 Å². The summed E-state index contributed by atoms with van der Waals surface area (Å²) in [6.07, 6.45) is 0.956. The number of carbonyl (C=O) groups excluding carboxylic acids is 2. The zero-order valence-electron chi connectivity index (χ0n) is 9.41. The number of amides is 2. The molecule has 0 saturated carbocycles. The number of carbonyl (C=O) groups is 2. The lowest BCUT2D eigenvalue weighted by atomic mass is 10.1. The number of nitrogens with one attached hydrogen (secondary N) is 1. The van der Waals surface area contributed by atoms with Crippen molar-refractivity contribution < 1.29 is 9.59 Å². The summed E-state index contributed by atoms with van der Waals surface area (Å²) in [6, 6.07) is 1.74.